The summed E-state index contributed by atoms with van der Waals surface area (Å²) in [6, 6.07) is 0.879. The summed E-state index contributed by atoms with van der Waals surface area (Å²) >= 11 is 0. The molecular weight excluding hydrogens is 158 g/mol. The van der Waals surface area contributed by atoms with Crippen molar-refractivity contribution >= 4 is 0 Å². The van der Waals surface area contributed by atoms with Crippen LogP contribution in [0.3, 0.4) is 0 Å². The summed E-state index contributed by atoms with van der Waals surface area (Å²) in [6.45, 7) is 3.58. The molecule has 0 N–H and O–H groups in total. The molecule has 1 aliphatic carbocycles. The van der Waals surface area contributed by atoms with Gasteiger partial charge in [-0.1, -0.05) is 24.8 Å². The first kappa shape index (κ1) is 9.11. The van der Waals surface area contributed by atoms with Gasteiger partial charge in [-0.25, -0.2) is 0 Å². The Morgan fingerprint density at radius 3 is 2.62 bits per heavy atom. The Labute approximate surface area is 81.8 Å². The molecule has 1 fully saturated rings. The third kappa shape index (κ3) is 2.26. The first-order chi connectivity index (χ1) is 6.36. The van der Waals surface area contributed by atoms with Crippen LogP contribution in [0.2, 0.25) is 0 Å². The van der Waals surface area contributed by atoms with Crippen molar-refractivity contribution in [2.75, 3.05) is 6.54 Å². The van der Waals surface area contributed by atoms with E-state index in [1.165, 1.54) is 51.5 Å². The molecule has 0 bridgehead atoms. The van der Waals surface area contributed by atoms with Gasteiger partial charge in [0, 0.05) is 12.6 Å². The first-order valence-electron chi connectivity index (χ1n) is 5.79. The minimum atomic E-state index is 0.879. The van der Waals surface area contributed by atoms with Crippen LogP contribution >= 0.6 is 0 Å². The molecule has 0 aromatic heterocycles. The van der Waals surface area contributed by atoms with Crippen LogP contribution in [-0.2, 0) is 0 Å². The van der Waals surface area contributed by atoms with Crippen molar-refractivity contribution in [3.8, 4) is 0 Å². The molecule has 74 valence electrons. The van der Waals surface area contributed by atoms with Gasteiger partial charge in [0.2, 0.25) is 0 Å². The van der Waals surface area contributed by atoms with E-state index in [-0.39, 0.29) is 0 Å². The molecule has 0 spiro atoms. The van der Waals surface area contributed by atoms with E-state index in [0.29, 0.717) is 0 Å². The Hall–Kier alpha value is -0.460. The van der Waals surface area contributed by atoms with E-state index < -0.39 is 0 Å². The van der Waals surface area contributed by atoms with E-state index in [1.54, 1.807) is 5.57 Å². The van der Waals surface area contributed by atoms with Gasteiger partial charge in [-0.3, -0.25) is 0 Å². The smallest absolute Gasteiger partial charge is 0.0284 e. The standard InChI is InChI=1S/C12H21N/c1-11-6-5-9-13(10-11)12-7-3-2-4-8-12/h10,12H,2-9H2,1H3. The maximum Gasteiger partial charge on any atom is 0.0284 e. The highest BCUT2D eigenvalue weighted by Crippen LogP contribution is 2.26. The molecule has 13 heavy (non-hydrogen) atoms. The second-order valence-electron chi connectivity index (χ2n) is 4.61. The van der Waals surface area contributed by atoms with Crippen LogP contribution in [0.5, 0.6) is 0 Å². The molecule has 0 unspecified atom stereocenters. The van der Waals surface area contributed by atoms with E-state index >= 15 is 0 Å². The molecule has 1 heterocycles. The minimum absolute atomic E-state index is 0.879. The van der Waals surface area contributed by atoms with Crippen molar-refractivity contribution in [1.82, 2.24) is 4.90 Å². The maximum absolute atomic E-state index is 2.61. The Bertz CT molecular complexity index is 189. The quantitative estimate of drug-likeness (QED) is 0.597. The van der Waals surface area contributed by atoms with E-state index in [4.69, 9.17) is 0 Å². The highest BCUT2D eigenvalue weighted by Gasteiger charge is 2.20. The van der Waals surface area contributed by atoms with Gasteiger partial charge in [-0.2, -0.15) is 0 Å². The summed E-state index contributed by atoms with van der Waals surface area (Å²) in [5.41, 5.74) is 1.58. The highest BCUT2D eigenvalue weighted by atomic mass is 15.1. The van der Waals surface area contributed by atoms with Crippen LogP contribution in [0.1, 0.15) is 51.9 Å². The van der Waals surface area contributed by atoms with Gasteiger partial charge in [-0.05, 0) is 38.8 Å². The monoisotopic (exact) mass is 179 g/mol. The Kier molecular flexibility index (Phi) is 2.92. The summed E-state index contributed by atoms with van der Waals surface area (Å²) in [7, 11) is 0. The molecule has 1 aliphatic heterocycles. The van der Waals surface area contributed by atoms with Crippen molar-refractivity contribution < 1.29 is 0 Å². The third-order valence-corrected chi connectivity index (χ3v) is 3.42. The van der Waals surface area contributed by atoms with Crippen LogP contribution in [0, 0.1) is 0 Å². The van der Waals surface area contributed by atoms with Crippen molar-refractivity contribution in [2.24, 2.45) is 0 Å². The average molecular weight is 179 g/mol. The van der Waals surface area contributed by atoms with Gasteiger partial charge in [0.1, 0.15) is 0 Å². The maximum atomic E-state index is 2.61. The molecule has 0 radical (unpaired) electrons. The normalized spacial score (nSPS) is 25.9. The largest absolute Gasteiger partial charge is 0.374 e. The molecule has 1 saturated carbocycles. The van der Waals surface area contributed by atoms with E-state index in [1.807, 2.05) is 0 Å². The molecule has 0 aromatic carbocycles. The molecule has 2 aliphatic rings. The van der Waals surface area contributed by atoms with Crippen LogP contribution in [0.15, 0.2) is 11.8 Å². The SMILES string of the molecule is CC1=CN(C2CCCCC2)CCC1. The van der Waals surface area contributed by atoms with E-state index in [2.05, 4.69) is 18.0 Å². The van der Waals surface area contributed by atoms with Crippen LogP contribution < -0.4 is 0 Å². The summed E-state index contributed by atoms with van der Waals surface area (Å²) in [5.74, 6) is 0. The van der Waals surface area contributed by atoms with Crippen LogP contribution in [0.4, 0.5) is 0 Å². The second-order valence-corrected chi connectivity index (χ2v) is 4.61. The van der Waals surface area contributed by atoms with Crippen molar-refractivity contribution in [2.45, 2.75) is 57.9 Å². The Morgan fingerprint density at radius 2 is 1.92 bits per heavy atom. The molecule has 1 heteroatoms. The van der Waals surface area contributed by atoms with Gasteiger partial charge < -0.3 is 4.90 Å². The number of nitrogens with zero attached hydrogens (tertiary/aromatic N) is 1. The van der Waals surface area contributed by atoms with E-state index in [9.17, 15) is 0 Å². The molecule has 0 aromatic rings. The molecule has 2 rings (SSSR count). The second kappa shape index (κ2) is 4.17. The van der Waals surface area contributed by atoms with Crippen LogP contribution in [-0.4, -0.2) is 17.5 Å². The molecule has 0 atom stereocenters. The zero-order valence-electron chi connectivity index (χ0n) is 8.76. The summed E-state index contributed by atoms with van der Waals surface area (Å²) in [5, 5.41) is 0. The van der Waals surface area contributed by atoms with Gasteiger partial charge >= 0.3 is 0 Å². The molecular formula is C12H21N. The highest BCUT2D eigenvalue weighted by molar-refractivity contribution is 5.02. The zero-order chi connectivity index (χ0) is 9.10. The van der Waals surface area contributed by atoms with Crippen LogP contribution in [0.25, 0.3) is 0 Å². The lowest BCUT2D eigenvalue weighted by Crippen LogP contribution is -2.35. The fraction of sp³-hybridized carbons (Fsp3) is 0.833. The van der Waals surface area contributed by atoms with Gasteiger partial charge in [-0.15, -0.1) is 0 Å². The zero-order valence-corrected chi connectivity index (χ0v) is 8.76. The van der Waals surface area contributed by atoms with Crippen molar-refractivity contribution in [3.05, 3.63) is 11.8 Å². The number of hydrogen-bond donors (Lipinski definition) is 0. The van der Waals surface area contributed by atoms with E-state index in [0.717, 1.165) is 6.04 Å². The third-order valence-electron chi connectivity index (χ3n) is 3.42. The number of allylic oxidation sites excluding steroid dienone is 1. The first-order valence-corrected chi connectivity index (χ1v) is 5.79. The topological polar surface area (TPSA) is 3.24 Å². The average Bonchev–Trinajstić information content (AvgIpc) is 2.19. The lowest BCUT2D eigenvalue weighted by Gasteiger charge is -2.36. The lowest BCUT2D eigenvalue weighted by molar-refractivity contribution is 0.206. The summed E-state index contributed by atoms with van der Waals surface area (Å²) in [4.78, 5) is 2.61. The van der Waals surface area contributed by atoms with Gasteiger partial charge in [0.05, 0.1) is 0 Å². The number of rotatable bonds is 1. The van der Waals surface area contributed by atoms with Crippen molar-refractivity contribution in [3.63, 3.8) is 0 Å². The fourth-order valence-corrected chi connectivity index (χ4v) is 2.65. The minimum Gasteiger partial charge on any atom is -0.374 e. The van der Waals surface area contributed by atoms with Gasteiger partial charge in [0.15, 0.2) is 0 Å². The predicted molar refractivity (Wildman–Crippen MR) is 56.6 cm³/mol. The molecule has 0 saturated heterocycles. The summed E-state index contributed by atoms with van der Waals surface area (Å²) < 4.78 is 0. The molecule has 1 nitrogen and oxygen atoms in total. The van der Waals surface area contributed by atoms with Gasteiger partial charge in [0.25, 0.3) is 0 Å². The Morgan fingerprint density at radius 1 is 1.15 bits per heavy atom. The number of hydrogen-bond acceptors (Lipinski definition) is 1. The summed E-state index contributed by atoms with van der Waals surface area (Å²) in [6.07, 6.45) is 12.4. The lowest BCUT2D eigenvalue weighted by atomic mass is 9.93. The molecule has 0 amide bonds. The predicted octanol–water partition coefficient (Wildman–Crippen LogP) is 3.32. The Balaban J connectivity index is 1.94. The fourth-order valence-electron chi connectivity index (χ4n) is 2.65. The van der Waals surface area contributed by atoms with Crippen molar-refractivity contribution in [1.29, 1.82) is 0 Å².